The van der Waals surface area contributed by atoms with Crippen molar-refractivity contribution in [3.63, 3.8) is 0 Å². The number of carboxylic acid groups (broad SMARTS) is 1. The maximum absolute atomic E-state index is 11.3. The fourth-order valence-electron chi connectivity index (χ4n) is 1.21. The molecule has 0 amide bonds. The lowest BCUT2D eigenvalue weighted by atomic mass is 10.3. The summed E-state index contributed by atoms with van der Waals surface area (Å²) in [6, 6.07) is 0.567. The molecule has 1 unspecified atom stereocenters. The number of hydrogen-bond donors (Lipinski definition) is 2. The van der Waals surface area contributed by atoms with E-state index in [4.69, 9.17) is 5.11 Å². The number of H-pyrrole nitrogens is 1. The predicted molar refractivity (Wildman–Crippen MR) is 59.7 cm³/mol. The van der Waals surface area contributed by atoms with E-state index in [1.54, 1.807) is 7.05 Å². The number of anilines is 1. The molecule has 2 N–H and O–H groups in total. The number of aromatic amines is 1. The highest BCUT2D eigenvalue weighted by atomic mass is 16.4. The van der Waals surface area contributed by atoms with Gasteiger partial charge in [-0.05, 0) is 6.92 Å². The number of aromatic nitrogens is 2. The van der Waals surface area contributed by atoms with Crippen LogP contribution in [-0.2, 0) is 11.2 Å². The molecule has 1 heterocycles. The number of aliphatic carboxylic acids is 1. The standard InChI is InChI=1S/C10H15N3O3/c1-4-7-11-8(5-9(14)12-7)13(3)6(2)10(15)16/h5-6H,4H2,1-3H3,(H,15,16)(H,11,12,14). The molecule has 0 aliphatic carbocycles. The Kier molecular flexibility index (Phi) is 3.65. The third-order valence-corrected chi connectivity index (χ3v) is 2.41. The van der Waals surface area contributed by atoms with E-state index in [2.05, 4.69) is 9.97 Å². The van der Waals surface area contributed by atoms with Gasteiger partial charge in [-0.2, -0.15) is 0 Å². The molecule has 6 heteroatoms. The molecule has 1 aromatic rings. The summed E-state index contributed by atoms with van der Waals surface area (Å²) in [5.74, 6) is -0.0370. The van der Waals surface area contributed by atoms with E-state index in [0.29, 0.717) is 18.1 Å². The number of aryl methyl sites for hydroxylation is 1. The monoisotopic (exact) mass is 225 g/mol. The summed E-state index contributed by atoms with van der Waals surface area (Å²) in [6.07, 6.45) is 0.596. The number of carboxylic acids is 1. The Labute approximate surface area is 92.9 Å². The fraction of sp³-hybridized carbons (Fsp3) is 0.500. The zero-order valence-electron chi connectivity index (χ0n) is 9.52. The normalized spacial score (nSPS) is 12.2. The van der Waals surface area contributed by atoms with Gasteiger partial charge in [-0.1, -0.05) is 6.92 Å². The lowest BCUT2D eigenvalue weighted by Gasteiger charge is -2.22. The van der Waals surface area contributed by atoms with Crippen LogP contribution in [0.1, 0.15) is 19.7 Å². The van der Waals surface area contributed by atoms with Crippen LogP contribution in [0.2, 0.25) is 0 Å². The van der Waals surface area contributed by atoms with Crippen molar-refractivity contribution in [1.29, 1.82) is 0 Å². The predicted octanol–water partition coefficient (Wildman–Crippen LogP) is 0.242. The molecule has 16 heavy (non-hydrogen) atoms. The molecular weight excluding hydrogens is 210 g/mol. The second-order valence-electron chi connectivity index (χ2n) is 3.53. The fourth-order valence-corrected chi connectivity index (χ4v) is 1.21. The number of hydrogen-bond acceptors (Lipinski definition) is 4. The van der Waals surface area contributed by atoms with Crippen LogP contribution in [0, 0.1) is 0 Å². The van der Waals surface area contributed by atoms with Gasteiger partial charge < -0.3 is 15.0 Å². The van der Waals surface area contributed by atoms with Crippen LogP contribution in [0.5, 0.6) is 0 Å². The summed E-state index contributed by atoms with van der Waals surface area (Å²) in [7, 11) is 1.60. The number of likely N-dealkylation sites (N-methyl/N-ethyl adjacent to an activating group) is 1. The SMILES string of the molecule is CCc1nc(N(C)C(C)C(=O)O)cc(=O)[nH]1. The topological polar surface area (TPSA) is 86.3 Å². The number of rotatable bonds is 4. The summed E-state index contributed by atoms with van der Waals surface area (Å²) >= 11 is 0. The van der Waals surface area contributed by atoms with Gasteiger partial charge in [0.2, 0.25) is 0 Å². The van der Waals surface area contributed by atoms with E-state index in [-0.39, 0.29) is 5.56 Å². The Morgan fingerprint density at radius 2 is 2.31 bits per heavy atom. The lowest BCUT2D eigenvalue weighted by molar-refractivity contribution is -0.138. The number of nitrogens with one attached hydrogen (secondary N) is 1. The van der Waals surface area contributed by atoms with Crippen LogP contribution < -0.4 is 10.5 Å². The van der Waals surface area contributed by atoms with E-state index in [1.165, 1.54) is 17.9 Å². The molecule has 0 aliphatic rings. The van der Waals surface area contributed by atoms with Gasteiger partial charge in [0, 0.05) is 19.5 Å². The number of nitrogens with zero attached hydrogens (tertiary/aromatic N) is 2. The van der Waals surface area contributed by atoms with E-state index < -0.39 is 12.0 Å². The maximum Gasteiger partial charge on any atom is 0.326 e. The smallest absolute Gasteiger partial charge is 0.326 e. The van der Waals surface area contributed by atoms with Gasteiger partial charge in [0.25, 0.3) is 5.56 Å². The van der Waals surface area contributed by atoms with E-state index in [1.807, 2.05) is 6.92 Å². The van der Waals surface area contributed by atoms with Gasteiger partial charge in [0.05, 0.1) is 0 Å². The summed E-state index contributed by atoms with van der Waals surface area (Å²) in [5.41, 5.74) is -0.272. The summed E-state index contributed by atoms with van der Waals surface area (Å²) < 4.78 is 0. The Morgan fingerprint density at radius 3 is 2.81 bits per heavy atom. The molecule has 88 valence electrons. The minimum absolute atomic E-state index is 0.272. The molecule has 1 atom stereocenters. The lowest BCUT2D eigenvalue weighted by Crippen LogP contribution is -2.37. The van der Waals surface area contributed by atoms with Crippen molar-refractivity contribution in [2.75, 3.05) is 11.9 Å². The van der Waals surface area contributed by atoms with E-state index in [0.717, 1.165) is 0 Å². The summed E-state index contributed by atoms with van der Waals surface area (Å²) in [4.78, 5) is 30.3. The van der Waals surface area contributed by atoms with Crippen molar-refractivity contribution in [1.82, 2.24) is 9.97 Å². The van der Waals surface area contributed by atoms with Crippen molar-refractivity contribution in [2.24, 2.45) is 0 Å². The highest BCUT2D eigenvalue weighted by Gasteiger charge is 2.18. The Hall–Kier alpha value is -1.85. The molecule has 1 aromatic heterocycles. The van der Waals surface area contributed by atoms with Gasteiger partial charge in [-0.25, -0.2) is 9.78 Å². The van der Waals surface area contributed by atoms with Gasteiger partial charge in [-0.15, -0.1) is 0 Å². The molecule has 0 saturated carbocycles. The molecule has 1 rings (SSSR count). The summed E-state index contributed by atoms with van der Waals surface area (Å²) in [6.45, 7) is 3.40. The molecule has 0 spiro atoms. The quantitative estimate of drug-likeness (QED) is 0.766. The van der Waals surface area contributed by atoms with Gasteiger partial charge in [0.15, 0.2) is 0 Å². The van der Waals surface area contributed by atoms with Crippen LogP contribution >= 0.6 is 0 Å². The largest absolute Gasteiger partial charge is 0.480 e. The Balaban J connectivity index is 3.08. The average molecular weight is 225 g/mol. The van der Waals surface area contributed by atoms with Crippen molar-refractivity contribution < 1.29 is 9.90 Å². The first-order valence-corrected chi connectivity index (χ1v) is 5.01. The van der Waals surface area contributed by atoms with Crippen molar-refractivity contribution in [2.45, 2.75) is 26.3 Å². The second-order valence-corrected chi connectivity index (χ2v) is 3.53. The minimum atomic E-state index is -0.956. The molecule has 0 bridgehead atoms. The Morgan fingerprint density at radius 1 is 1.69 bits per heavy atom. The molecule has 0 radical (unpaired) electrons. The zero-order valence-corrected chi connectivity index (χ0v) is 9.52. The van der Waals surface area contributed by atoms with Gasteiger partial charge in [0.1, 0.15) is 17.7 Å². The first kappa shape index (κ1) is 12.2. The minimum Gasteiger partial charge on any atom is -0.480 e. The van der Waals surface area contributed by atoms with Crippen LogP contribution in [0.15, 0.2) is 10.9 Å². The molecule has 0 aromatic carbocycles. The molecular formula is C10H15N3O3. The van der Waals surface area contributed by atoms with Crippen molar-refractivity contribution in [3.8, 4) is 0 Å². The van der Waals surface area contributed by atoms with Crippen molar-refractivity contribution in [3.05, 3.63) is 22.2 Å². The first-order chi connectivity index (χ1) is 7.45. The average Bonchev–Trinajstić information content (AvgIpc) is 2.25. The van der Waals surface area contributed by atoms with Crippen LogP contribution in [-0.4, -0.2) is 34.1 Å². The molecule has 6 nitrogen and oxygen atoms in total. The third kappa shape index (κ3) is 2.59. The highest BCUT2D eigenvalue weighted by Crippen LogP contribution is 2.09. The van der Waals surface area contributed by atoms with Gasteiger partial charge >= 0.3 is 5.97 Å². The first-order valence-electron chi connectivity index (χ1n) is 5.01. The zero-order chi connectivity index (χ0) is 12.3. The maximum atomic E-state index is 11.3. The molecule has 0 aliphatic heterocycles. The number of carbonyl (C=O) groups is 1. The summed E-state index contributed by atoms with van der Waals surface area (Å²) in [5, 5.41) is 8.85. The van der Waals surface area contributed by atoms with Crippen LogP contribution in [0.3, 0.4) is 0 Å². The highest BCUT2D eigenvalue weighted by molar-refractivity contribution is 5.76. The second kappa shape index (κ2) is 4.78. The van der Waals surface area contributed by atoms with Gasteiger partial charge in [-0.3, -0.25) is 4.79 Å². The Bertz CT molecular complexity index is 441. The van der Waals surface area contributed by atoms with E-state index >= 15 is 0 Å². The van der Waals surface area contributed by atoms with Crippen LogP contribution in [0.25, 0.3) is 0 Å². The van der Waals surface area contributed by atoms with Crippen molar-refractivity contribution >= 4 is 11.8 Å². The van der Waals surface area contributed by atoms with E-state index in [9.17, 15) is 9.59 Å². The molecule has 0 fully saturated rings. The third-order valence-electron chi connectivity index (χ3n) is 2.41. The van der Waals surface area contributed by atoms with Crippen LogP contribution in [0.4, 0.5) is 5.82 Å². The molecule has 0 saturated heterocycles.